The van der Waals surface area contributed by atoms with Crippen molar-refractivity contribution < 1.29 is 0 Å². The molecule has 1 fully saturated rings. The molecule has 1 nitrogen and oxygen atoms in total. The van der Waals surface area contributed by atoms with E-state index < -0.39 is 0 Å². The third kappa shape index (κ3) is 1.84. The van der Waals surface area contributed by atoms with Crippen LogP contribution >= 0.6 is 0 Å². The highest BCUT2D eigenvalue weighted by molar-refractivity contribution is 5.06. The lowest BCUT2D eigenvalue weighted by Crippen LogP contribution is -1.87. The van der Waals surface area contributed by atoms with Crippen molar-refractivity contribution in [1.82, 2.24) is 0 Å². The topological polar surface area (TPSA) is 26.0 Å². The van der Waals surface area contributed by atoms with Gasteiger partial charge in [-0.25, -0.2) is 0 Å². The Morgan fingerprint density at radius 2 is 1.70 bits per heavy atom. The maximum absolute atomic E-state index is 4.85. The first kappa shape index (κ1) is 7.80. The van der Waals surface area contributed by atoms with Crippen LogP contribution in [0.15, 0.2) is 12.2 Å². The van der Waals surface area contributed by atoms with Crippen molar-refractivity contribution in [3.05, 3.63) is 12.2 Å². The third-order valence-electron chi connectivity index (χ3n) is 2.17. The third-order valence-corrected chi connectivity index (χ3v) is 2.17. The second-order valence-electron chi connectivity index (χ2n) is 3.13. The largest absolute Gasteiger partial charge is 0.331 e. The average Bonchev–Trinajstić information content (AvgIpc) is 2.49. The van der Waals surface area contributed by atoms with Crippen LogP contribution in [0.3, 0.4) is 0 Å². The first-order valence-electron chi connectivity index (χ1n) is 4.25. The van der Waals surface area contributed by atoms with Crippen LogP contribution in [0, 0.1) is 11.8 Å². The summed E-state index contributed by atoms with van der Waals surface area (Å²) in [5.74, 6) is 1.98. The van der Waals surface area contributed by atoms with Gasteiger partial charge in [0.1, 0.15) is 0 Å². The maximum atomic E-state index is 4.85. The Bertz CT molecular complexity index is 106. The molecule has 0 heterocycles. The Balaban J connectivity index is 0.000000148. The SMILES string of the molecule is C1=CC2CCC1C2.CCN. The predicted octanol–water partition coefficient (Wildman–Crippen LogP) is 1.94. The molecule has 0 saturated heterocycles. The molecule has 2 rings (SSSR count). The molecule has 0 spiro atoms. The molecule has 1 saturated carbocycles. The number of nitrogens with two attached hydrogens (primary N) is 1. The summed E-state index contributed by atoms with van der Waals surface area (Å²) in [6.45, 7) is 2.65. The Morgan fingerprint density at radius 1 is 1.30 bits per heavy atom. The first-order chi connectivity index (χ1) is 4.86. The van der Waals surface area contributed by atoms with Gasteiger partial charge in [-0.2, -0.15) is 0 Å². The van der Waals surface area contributed by atoms with Gasteiger partial charge in [0.2, 0.25) is 0 Å². The fourth-order valence-corrected chi connectivity index (χ4v) is 1.72. The molecule has 0 aromatic rings. The molecule has 0 aliphatic heterocycles. The van der Waals surface area contributed by atoms with Crippen LogP contribution in [0.2, 0.25) is 0 Å². The van der Waals surface area contributed by atoms with E-state index >= 15 is 0 Å². The van der Waals surface area contributed by atoms with E-state index in [9.17, 15) is 0 Å². The predicted molar refractivity (Wildman–Crippen MR) is 44.7 cm³/mol. The molecule has 1 heteroatoms. The second kappa shape index (κ2) is 3.77. The number of hydrogen-bond acceptors (Lipinski definition) is 1. The Labute approximate surface area is 63.3 Å². The standard InChI is InChI=1S/C7H10.C2H7N/c1-2-7-4-3-6(1)5-7;1-2-3/h1-2,6-7H,3-5H2;2-3H2,1H3. The highest BCUT2D eigenvalue weighted by Gasteiger charge is 2.25. The summed E-state index contributed by atoms with van der Waals surface area (Å²) in [7, 11) is 0. The normalized spacial score (nSPS) is 33.8. The molecular weight excluding hydrogens is 122 g/mol. The molecular formula is C9H17N. The molecule has 2 atom stereocenters. The lowest BCUT2D eigenvalue weighted by Gasteiger charge is -1.96. The van der Waals surface area contributed by atoms with E-state index in [2.05, 4.69) is 12.2 Å². The minimum atomic E-state index is 0.750. The van der Waals surface area contributed by atoms with Gasteiger partial charge in [-0.15, -0.1) is 0 Å². The van der Waals surface area contributed by atoms with Crippen molar-refractivity contribution >= 4 is 0 Å². The highest BCUT2D eigenvalue weighted by atomic mass is 14.5. The van der Waals surface area contributed by atoms with Crippen molar-refractivity contribution in [2.75, 3.05) is 6.54 Å². The summed E-state index contributed by atoms with van der Waals surface area (Å²) >= 11 is 0. The zero-order valence-corrected chi connectivity index (χ0v) is 6.72. The van der Waals surface area contributed by atoms with Gasteiger partial charge in [0.05, 0.1) is 0 Å². The molecule has 2 bridgehead atoms. The second-order valence-corrected chi connectivity index (χ2v) is 3.13. The number of hydrogen-bond donors (Lipinski definition) is 1. The van der Waals surface area contributed by atoms with E-state index in [4.69, 9.17) is 5.73 Å². The fraction of sp³-hybridized carbons (Fsp3) is 0.778. The van der Waals surface area contributed by atoms with Gasteiger partial charge >= 0.3 is 0 Å². The lowest BCUT2D eigenvalue weighted by atomic mass is 10.1. The van der Waals surface area contributed by atoms with Crippen LogP contribution in [0.25, 0.3) is 0 Å². The highest BCUT2D eigenvalue weighted by Crippen LogP contribution is 2.38. The number of fused-ring (bicyclic) bond motifs is 2. The van der Waals surface area contributed by atoms with Crippen LogP contribution in [0.4, 0.5) is 0 Å². The lowest BCUT2D eigenvalue weighted by molar-refractivity contribution is 0.691. The molecule has 58 valence electrons. The number of rotatable bonds is 0. The van der Waals surface area contributed by atoms with Gasteiger partial charge in [-0.3, -0.25) is 0 Å². The minimum Gasteiger partial charge on any atom is -0.331 e. The van der Waals surface area contributed by atoms with Crippen molar-refractivity contribution in [1.29, 1.82) is 0 Å². The van der Waals surface area contributed by atoms with Crippen LogP contribution in [-0.4, -0.2) is 6.54 Å². The Morgan fingerprint density at radius 3 is 1.80 bits per heavy atom. The average molecular weight is 139 g/mol. The Hall–Kier alpha value is -0.300. The van der Waals surface area contributed by atoms with Gasteiger partial charge in [-0.1, -0.05) is 19.1 Å². The van der Waals surface area contributed by atoms with E-state index in [1.54, 1.807) is 0 Å². The zero-order valence-electron chi connectivity index (χ0n) is 6.72. The van der Waals surface area contributed by atoms with Crippen LogP contribution in [0.1, 0.15) is 26.2 Å². The molecule has 2 unspecified atom stereocenters. The summed E-state index contributed by atoms with van der Waals surface area (Å²) in [4.78, 5) is 0. The number of allylic oxidation sites excluding steroid dienone is 2. The fourth-order valence-electron chi connectivity index (χ4n) is 1.72. The molecule has 2 N–H and O–H groups in total. The Kier molecular flexibility index (Phi) is 2.94. The minimum absolute atomic E-state index is 0.750. The summed E-state index contributed by atoms with van der Waals surface area (Å²) < 4.78 is 0. The van der Waals surface area contributed by atoms with Gasteiger partial charge in [-0.05, 0) is 37.6 Å². The van der Waals surface area contributed by atoms with Gasteiger partial charge in [0.15, 0.2) is 0 Å². The summed E-state index contributed by atoms with van der Waals surface area (Å²) in [6.07, 6.45) is 9.19. The summed E-state index contributed by atoms with van der Waals surface area (Å²) in [6, 6.07) is 0. The quantitative estimate of drug-likeness (QED) is 0.510. The molecule has 2 aliphatic carbocycles. The van der Waals surface area contributed by atoms with E-state index in [0.29, 0.717) is 0 Å². The molecule has 2 aliphatic rings. The molecule has 10 heavy (non-hydrogen) atoms. The maximum Gasteiger partial charge on any atom is -0.0106 e. The van der Waals surface area contributed by atoms with E-state index in [1.807, 2.05) is 6.92 Å². The van der Waals surface area contributed by atoms with E-state index in [0.717, 1.165) is 18.4 Å². The van der Waals surface area contributed by atoms with Crippen LogP contribution < -0.4 is 5.73 Å². The molecule has 0 amide bonds. The molecule has 0 aromatic carbocycles. The van der Waals surface area contributed by atoms with Crippen molar-refractivity contribution in [2.24, 2.45) is 17.6 Å². The van der Waals surface area contributed by atoms with Crippen LogP contribution in [0.5, 0.6) is 0 Å². The zero-order chi connectivity index (χ0) is 7.40. The summed E-state index contributed by atoms with van der Waals surface area (Å²) in [5.41, 5.74) is 4.85. The van der Waals surface area contributed by atoms with Gasteiger partial charge < -0.3 is 5.73 Å². The van der Waals surface area contributed by atoms with Gasteiger partial charge in [0.25, 0.3) is 0 Å². The summed E-state index contributed by atoms with van der Waals surface area (Å²) in [5, 5.41) is 0. The van der Waals surface area contributed by atoms with Crippen molar-refractivity contribution in [3.8, 4) is 0 Å². The molecule has 0 radical (unpaired) electrons. The smallest absolute Gasteiger partial charge is 0.0106 e. The van der Waals surface area contributed by atoms with E-state index in [-0.39, 0.29) is 0 Å². The monoisotopic (exact) mass is 139 g/mol. The van der Waals surface area contributed by atoms with Crippen LogP contribution in [-0.2, 0) is 0 Å². The van der Waals surface area contributed by atoms with Crippen molar-refractivity contribution in [2.45, 2.75) is 26.2 Å². The van der Waals surface area contributed by atoms with E-state index in [1.165, 1.54) is 19.3 Å². The van der Waals surface area contributed by atoms with Gasteiger partial charge in [0, 0.05) is 0 Å². The molecule has 0 aromatic heterocycles. The first-order valence-corrected chi connectivity index (χ1v) is 4.25. The van der Waals surface area contributed by atoms with Crippen molar-refractivity contribution in [3.63, 3.8) is 0 Å².